The number of thiazole rings is 1. The van der Waals surface area contributed by atoms with E-state index < -0.39 is 5.97 Å². The Labute approximate surface area is 132 Å². The number of hydrogen-bond acceptors (Lipinski definition) is 4. The molecule has 5 nitrogen and oxygen atoms in total. The molecular weight excluding hydrogens is 356 g/mol. The van der Waals surface area contributed by atoms with Crippen molar-refractivity contribution in [1.82, 2.24) is 9.38 Å². The summed E-state index contributed by atoms with van der Waals surface area (Å²) in [5, 5.41) is 8.82. The number of methoxy groups -OCH3 is 1. The number of carbonyl (C=O) groups is 1. The summed E-state index contributed by atoms with van der Waals surface area (Å²) in [5.41, 5.74) is 1.68. The van der Waals surface area contributed by atoms with Crippen molar-refractivity contribution in [2.45, 2.75) is 6.42 Å². The van der Waals surface area contributed by atoms with E-state index in [0.29, 0.717) is 0 Å². The predicted octanol–water partition coefficient (Wildman–Crippen LogP) is 3.46. The van der Waals surface area contributed by atoms with Crippen molar-refractivity contribution >= 4 is 38.2 Å². The van der Waals surface area contributed by atoms with Crippen molar-refractivity contribution in [3.05, 3.63) is 39.9 Å². The standard InChI is InChI=1S/C14H11BrN2O3S/c1-20-12-3-2-8(15)4-10(12)11-7-17-6-9(5-13(18)19)21-14(17)16-11/h2-4,6-7H,5H2,1H3,(H,18,19). The summed E-state index contributed by atoms with van der Waals surface area (Å²) in [6, 6.07) is 5.73. The second-order valence-corrected chi connectivity index (χ2v) is 6.44. The van der Waals surface area contributed by atoms with Gasteiger partial charge in [-0.2, -0.15) is 0 Å². The van der Waals surface area contributed by atoms with Gasteiger partial charge in [-0.15, -0.1) is 11.3 Å². The van der Waals surface area contributed by atoms with E-state index in [2.05, 4.69) is 20.9 Å². The lowest BCUT2D eigenvalue weighted by Gasteiger charge is -2.06. The number of rotatable bonds is 4. The van der Waals surface area contributed by atoms with E-state index in [4.69, 9.17) is 9.84 Å². The second kappa shape index (κ2) is 5.50. The van der Waals surface area contributed by atoms with Crippen LogP contribution in [0, 0.1) is 0 Å². The van der Waals surface area contributed by atoms with Crippen LogP contribution >= 0.6 is 27.3 Å². The number of fused-ring (bicyclic) bond motifs is 1. The van der Waals surface area contributed by atoms with Crippen LogP contribution in [-0.4, -0.2) is 27.6 Å². The zero-order valence-corrected chi connectivity index (χ0v) is 13.4. The predicted molar refractivity (Wildman–Crippen MR) is 84.1 cm³/mol. The number of carboxylic acids is 1. The van der Waals surface area contributed by atoms with Crippen LogP contribution < -0.4 is 4.74 Å². The first-order valence-corrected chi connectivity index (χ1v) is 7.71. The van der Waals surface area contributed by atoms with Crippen molar-refractivity contribution < 1.29 is 14.6 Å². The zero-order valence-electron chi connectivity index (χ0n) is 11.0. The first kappa shape index (κ1) is 14.1. The van der Waals surface area contributed by atoms with Gasteiger partial charge in [0.05, 0.1) is 19.2 Å². The molecule has 7 heteroatoms. The molecule has 0 bridgehead atoms. The SMILES string of the molecule is COc1ccc(Br)cc1-c1cn2cc(CC(=O)O)sc2n1. The molecule has 0 unspecified atom stereocenters. The average Bonchev–Trinajstić information content (AvgIpc) is 2.95. The molecule has 2 aromatic heterocycles. The number of carboxylic acid groups (broad SMARTS) is 1. The molecule has 0 atom stereocenters. The second-order valence-electron chi connectivity index (χ2n) is 4.43. The third-order valence-corrected chi connectivity index (χ3v) is 4.46. The monoisotopic (exact) mass is 366 g/mol. The van der Waals surface area contributed by atoms with Gasteiger partial charge in [-0.3, -0.25) is 9.20 Å². The van der Waals surface area contributed by atoms with Gasteiger partial charge in [0, 0.05) is 27.3 Å². The lowest BCUT2D eigenvalue weighted by atomic mass is 10.1. The minimum Gasteiger partial charge on any atom is -0.496 e. The van der Waals surface area contributed by atoms with Gasteiger partial charge in [-0.05, 0) is 18.2 Å². The molecule has 0 radical (unpaired) electrons. The molecule has 2 heterocycles. The fourth-order valence-electron chi connectivity index (χ4n) is 2.08. The summed E-state index contributed by atoms with van der Waals surface area (Å²) >= 11 is 4.82. The highest BCUT2D eigenvalue weighted by Crippen LogP contribution is 2.33. The number of ether oxygens (including phenoxy) is 1. The number of nitrogens with zero attached hydrogens (tertiary/aromatic N) is 2. The molecule has 0 amide bonds. The minimum absolute atomic E-state index is 0.0174. The van der Waals surface area contributed by atoms with Crippen molar-refractivity contribution in [3.63, 3.8) is 0 Å². The summed E-state index contributed by atoms with van der Waals surface area (Å²) in [7, 11) is 1.62. The smallest absolute Gasteiger partial charge is 0.308 e. The Morgan fingerprint density at radius 3 is 2.95 bits per heavy atom. The summed E-state index contributed by atoms with van der Waals surface area (Å²) in [5.74, 6) is -0.0944. The van der Waals surface area contributed by atoms with E-state index in [9.17, 15) is 4.79 Å². The molecule has 21 heavy (non-hydrogen) atoms. The Hall–Kier alpha value is -1.86. The van der Waals surface area contributed by atoms with Crippen LogP contribution in [0.5, 0.6) is 5.75 Å². The number of halogens is 1. The van der Waals surface area contributed by atoms with Crippen LogP contribution in [0.2, 0.25) is 0 Å². The Morgan fingerprint density at radius 2 is 2.29 bits per heavy atom. The van der Waals surface area contributed by atoms with Crippen LogP contribution in [0.3, 0.4) is 0 Å². The van der Waals surface area contributed by atoms with E-state index in [1.807, 2.05) is 28.8 Å². The minimum atomic E-state index is -0.839. The zero-order chi connectivity index (χ0) is 15.0. The Morgan fingerprint density at radius 1 is 1.48 bits per heavy atom. The Balaban J connectivity index is 2.03. The maximum absolute atomic E-state index is 10.7. The molecule has 1 N–H and O–H groups in total. The molecule has 3 aromatic rings. The molecule has 108 valence electrons. The van der Waals surface area contributed by atoms with Gasteiger partial charge in [0.15, 0.2) is 4.96 Å². The molecule has 0 saturated heterocycles. The highest BCUT2D eigenvalue weighted by molar-refractivity contribution is 9.10. The maximum Gasteiger partial charge on any atom is 0.308 e. The van der Waals surface area contributed by atoms with Crippen LogP contribution in [0.4, 0.5) is 0 Å². The van der Waals surface area contributed by atoms with Crippen LogP contribution in [0.15, 0.2) is 35.1 Å². The van der Waals surface area contributed by atoms with Crippen molar-refractivity contribution in [3.8, 4) is 17.0 Å². The molecule has 3 rings (SSSR count). The summed E-state index contributed by atoms with van der Waals surface area (Å²) < 4.78 is 8.15. The molecular formula is C14H11BrN2O3S. The number of benzene rings is 1. The maximum atomic E-state index is 10.7. The Kier molecular flexibility index (Phi) is 3.69. The van der Waals surface area contributed by atoms with E-state index in [-0.39, 0.29) is 6.42 Å². The first-order valence-electron chi connectivity index (χ1n) is 6.10. The van der Waals surface area contributed by atoms with Gasteiger partial charge in [-0.25, -0.2) is 4.98 Å². The molecule has 0 aliphatic carbocycles. The molecule has 0 fully saturated rings. The van der Waals surface area contributed by atoms with Crippen LogP contribution in [0.1, 0.15) is 4.88 Å². The van der Waals surface area contributed by atoms with Crippen molar-refractivity contribution in [2.24, 2.45) is 0 Å². The average molecular weight is 367 g/mol. The Bertz CT molecular complexity index is 793. The lowest BCUT2D eigenvalue weighted by molar-refractivity contribution is -0.136. The van der Waals surface area contributed by atoms with Gasteiger partial charge in [0.2, 0.25) is 0 Å². The van der Waals surface area contributed by atoms with Gasteiger partial charge in [0.1, 0.15) is 5.75 Å². The van der Waals surface area contributed by atoms with E-state index in [1.165, 1.54) is 11.3 Å². The van der Waals surface area contributed by atoms with Crippen molar-refractivity contribution in [2.75, 3.05) is 7.11 Å². The normalized spacial score (nSPS) is 11.0. The van der Waals surface area contributed by atoms with E-state index in [1.54, 1.807) is 13.3 Å². The summed E-state index contributed by atoms with van der Waals surface area (Å²) in [6.07, 6.45) is 3.69. The van der Waals surface area contributed by atoms with Gasteiger partial charge >= 0.3 is 5.97 Å². The third kappa shape index (κ3) is 2.79. The summed E-state index contributed by atoms with van der Waals surface area (Å²) in [6.45, 7) is 0. The van der Waals surface area contributed by atoms with Gasteiger partial charge in [-0.1, -0.05) is 15.9 Å². The number of imidazole rings is 1. The number of hydrogen-bond donors (Lipinski definition) is 1. The number of aliphatic carboxylic acids is 1. The topological polar surface area (TPSA) is 63.8 Å². The summed E-state index contributed by atoms with van der Waals surface area (Å²) in [4.78, 5) is 16.8. The van der Waals surface area contributed by atoms with Crippen LogP contribution in [-0.2, 0) is 11.2 Å². The van der Waals surface area contributed by atoms with Gasteiger partial charge < -0.3 is 9.84 Å². The number of aromatic nitrogens is 2. The van der Waals surface area contributed by atoms with E-state index >= 15 is 0 Å². The van der Waals surface area contributed by atoms with Gasteiger partial charge in [0.25, 0.3) is 0 Å². The molecule has 0 aliphatic heterocycles. The van der Waals surface area contributed by atoms with E-state index in [0.717, 1.165) is 31.3 Å². The first-order chi connectivity index (χ1) is 10.1. The lowest BCUT2D eigenvalue weighted by Crippen LogP contribution is -1.97. The quantitative estimate of drug-likeness (QED) is 0.767. The highest BCUT2D eigenvalue weighted by Gasteiger charge is 2.13. The molecule has 0 saturated carbocycles. The van der Waals surface area contributed by atoms with Crippen molar-refractivity contribution in [1.29, 1.82) is 0 Å². The largest absolute Gasteiger partial charge is 0.496 e. The fraction of sp³-hybridized carbons (Fsp3) is 0.143. The highest BCUT2D eigenvalue weighted by atomic mass is 79.9. The molecule has 0 aliphatic rings. The third-order valence-electron chi connectivity index (χ3n) is 2.97. The van der Waals surface area contributed by atoms with Crippen LogP contribution in [0.25, 0.3) is 16.2 Å². The fourth-order valence-corrected chi connectivity index (χ4v) is 3.40. The molecule has 0 spiro atoms. The molecule has 1 aromatic carbocycles.